The molecule has 1 amide bonds. The van der Waals surface area contributed by atoms with E-state index >= 15 is 0 Å². The van der Waals surface area contributed by atoms with Crippen molar-refractivity contribution in [2.45, 2.75) is 12.8 Å². The zero-order chi connectivity index (χ0) is 16.1. The standard InChI is InChI=1S/C16H19NO5/c1-11(14-9-12-5-3-4-6-13(12)22-14)16(20)17(7-8-21-2)10-15(18)19/h3-6,9,11H,7-8,10H2,1-2H3,(H,18,19). The first-order chi connectivity index (χ1) is 10.5. The van der Waals surface area contributed by atoms with Gasteiger partial charge in [-0.1, -0.05) is 18.2 Å². The molecule has 1 heterocycles. The highest BCUT2D eigenvalue weighted by atomic mass is 16.5. The number of hydrogen-bond donors (Lipinski definition) is 1. The lowest BCUT2D eigenvalue weighted by molar-refractivity contribution is -0.145. The van der Waals surface area contributed by atoms with Gasteiger partial charge in [0.1, 0.15) is 17.9 Å². The van der Waals surface area contributed by atoms with E-state index in [9.17, 15) is 9.59 Å². The second-order valence-electron chi connectivity index (χ2n) is 5.05. The van der Waals surface area contributed by atoms with Crippen LogP contribution in [-0.2, 0) is 14.3 Å². The lowest BCUT2D eigenvalue weighted by Gasteiger charge is -2.23. The van der Waals surface area contributed by atoms with Crippen LogP contribution in [0, 0.1) is 0 Å². The molecule has 0 saturated heterocycles. The second-order valence-corrected chi connectivity index (χ2v) is 5.05. The number of fused-ring (bicyclic) bond motifs is 1. The maximum Gasteiger partial charge on any atom is 0.323 e. The van der Waals surface area contributed by atoms with Gasteiger partial charge in [0.2, 0.25) is 5.91 Å². The molecule has 2 rings (SSSR count). The van der Waals surface area contributed by atoms with Crippen molar-refractivity contribution in [2.75, 3.05) is 26.8 Å². The molecule has 0 aliphatic rings. The van der Waals surface area contributed by atoms with Crippen molar-refractivity contribution in [3.63, 3.8) is 0 Å². The molecule has 1 aromatic carbocycles. The molecule has 6 nitrogen and oxygen atoms in total. The minimum Gasteiger partial charge on any atom is -0.480 e. The van der Waals surface area contributed by atoms with E-state index in [4.69, 9.17) is 14.3 Å². The Morgan fingerprint density at radius 1 is 1.36 bits per heavy atom. The van der Waals surface area contributed by atoms with E-state index in [1.54, 1.807) is 6.92 Å². The SMILES string of the molecule is COCCN(CC(=O)O)C(=O)C(C)c1cc2ccccc2o1. The third-order valence-electron chi connectivity index (χ3n) is 3.44. The maximum absolute atomic E-state index is 12.5. The van der Waals surface area contributed by atoms with Gasteiger partial charge >= 0.3 is 5.97 Å². The van der Waals surface area contributed by atoms with Gasteiger partial charge in [0.15, 0.2) is 0 Å². The molecule has 0 saturated carbocycles. The predicted octanol–water partition coefficient (Wildman–Crippen LogP) is 2.10. The van der Waals surface area contributed by atoms with E-state index in [0.717, 1.165) is 5.39 Å². The molecule has 0 aliphatic heterocycles. The van der Waals surface area contributed by atoms with Gasteiger partial charge in [-0.2, -0.15) is 0 Å². The first-order valence-corrected chi connectivity index (χ1v) is 7.01. The highest BCUT2D eigenvalue weighted by molar-refractivity contribution is 5.87. The van der Waals surface area contributed by atoms with Crippen molar-refractivity contribution >= 4 is 22.8 Å². The summed E-state index contributed by atoms with van der Waals surface area (Å²) in [5.74, 6) is -1.37. The number of aliphatic carboxylic acids is 1. The van der Waals surface area contributed by atoms with E-state index in [2.05, 4.69) is 0 Å². The molecule has 1 atom stereocenters. The van der Waals surface area contributed by atoms with Crippen LogP contribution in [-0.4, -0.2) is 48.7 Å². The van der Waals surface area contributed by atoms with E-state index < -0.39 is 11.9 Å². The molecule has 0 aliphatic carbocycles. The fourth-order valence-corrected chi connectivity index (χ4v) is 2.24. The molecule has 0 spiro atoms. The number of furan rings is 1. The third kappa shape index (κ3) is 3.65. The molecule has 6 heteroatoms. The number of carboxylic acids is 1. The van der Waals surface area contributed by atoms with Gasteiger partial charge in [0.05, 0.1) is 12.5 Å². The van der Waals surface area contributed by atoms with Gasteiger partial charge in [0.25, 0.3) is 0 Å². The van der Waals surface area contributed by atoms with Crippen molar-refractivity contribution in [3.05, 3.63) is 36.1 Å². The lowest BCUT2D eigenvalue weighted by Crippen LogP contribution is -2.40. The summed E-state index contributed by atoms with van der Waals surface area (Å²) in [7, 11) is 1.51. The number of methoxy groups -OCH3 is 1. The van der Waals surface area contributed by atoms with Crippen molar-refractivity contribution < 1.29 is 23.8 Å². The zero-order valence-corrected chi connectivity index (χ0v) is 12.6. The van der Waals surface area contributed by atoms with Crippen LogP contribution in [0.15, 0.2) is 34.7 Å². The van der Waals surface area contributed by atoms with Crippen LogP contribution in [0.2, 0.25) is 0 Å². The quantitative estimate of drug-likeness (QED) is 0.847. The predicted molar refractivity (Wildman–Crippen MR) is 80.7 cm³/mol. The number of rotatable bonds is 7. The number of benzene rings is 1. The monoisotopic (exact) mass is 305 g/mol. The average molecular weight is 305 g/mol. The van der Waals surface area contributed by atoms with Crippen molar-refractivity contribution in [1.82, 2.24) is 4.90 Å². The summed E-state index contributed by atoms with van der Waals surface area (Å²) in [6.07, 6.45) is 0. The Labute approximate surface area is 128 Å². The topological polar surface area (TPSA) is 80.0 Å². The minimum atomic E-state index is -1.05. The van der Waals surface area contributed by atoms with E-state index in [-0.39, 0.29) is 25.6 Å². The van der Waals surface area contributed by atoms with Crippen molar-refractivity contribution in [1.29, 1.82) is 0 Å². The molecule has 2 aromatic rings. The number of nitrogens with zero attached hydrogens (tertiary/aromatic N) is 1. The molecule has 0 radical (unpaired) electrons. The van der Waals surface area contributed by atoms with Crippen LogP contribution in [0.5, 0.6) is 0 Å². The van der Waals surface area contributed by atoms with Crippen LogP contribution in [0.3, 0.4) is 0 Å². The van der Waals surface area contributed by atoms with Crippen LogP contribution in [0.25, 0.3) is 11.0 Å². The Morgan fingerprint density at radius 2 is 2.09 bits per heavy atom. The number of amides is 1. The summed E-state index contributed by atoms with van der Waals surface area (Å²) in [6, 6.07) is 9.30. The van der Waals surface area contributed by atoms with Gasteiger partial charge < -0.3 is 19.2 Å². The second kappa shape index (κ2) is 7.09. The molecule has 0 fully saturated rings. The van der Waals surface area contributed by atoms with Crippen LogP contribution in [0.1, 0.15) is 18.6 Å². The highest BCUT2D eigenvalue weighted by Gasteiger charge is 2.26. The summed E-state index contributed by atoms with van der Waals surface area (Å²) in [4.78, 5) is 24.7. The highest BCUT2D eigenvalue weighted by Crippen LogP contribution is 2.26. The molecule has 1 aromatic heterocycles. The van der Waals surface area contributed by atoms with Gasteiger partial charge in [-0.25, -0.2) is 0 Å². The Balaban J connectivity index is 2.18. The van der Waals surface area contributed by atoms with Crippen molar-refractivity contribution in [3.8, 4) is 0 Å². The number of hydrogen-bond acceptors (Lipinski definition) is 4. The fraction of sp³-hybridized carbons (Fsp3) is 0.375. The van der Waals surface area contributed by atoms with Gasteiger partial charge in [-0.3, -0.25) is 9.59 Å². The summed E-state index contributed by atoms with van der Waals surface area (Å²) in [6.45, 7) is 1.87. The molecule has 118 valence electrons. The first-order valence-electron chi connectivity index (χ1n) is 7.01. The number of para-hydroxylation sites is 1. The van der Waals surface area contributed by atoms with Crippen molar-refractivity contribution in [2.24, 2.45) is 0 Å². The normalized spacial score (nSPS) is 12.3. The summed E-state index contributed by atoms with van der Waals surface area (Å²) in [5, 5.41) is 9.86. The maximum atomic E-state index is 12.5. The Hall–Kier alpha value is -2.34. The smallest absolute Gasteiger partial charge is 0.323 e. The summed E-state index contributed by atoms with van der Waals surface area (Å²) >= 11 is 0. The molecular weight excluding hydrogens is 286 g/mol. The number of ether oxygens (including phenoxy) is 1. The largest absolute Gasteiger partial charge is 0.480 e. The molecule has 22 heavy (non-hydrogen) atoms. The lowest BCUT2D eigenvalue weighted by atomic mass is 10.1. The Bertz CT molecular complexity index is 630. The Morgan fingerprint density at radius 3 is 2.73 bits per heavy atom. The number of carboxylic acid groups (broad SMARTS) is 1. The fourth-order valence-electron chi connectivity index (χ4n) is 2.24. The average Bonchev–Trinajstić information content (AvgIpc) is 2.93. The molecule has 1 N–H and O–H groups in total. The van der Waals surface area contributed by atoms with E-state index in [1.807, 2.05) is 30.3 Å². The number of carbonyl (C=O) groups excluding carboxylic acids is 1. The van der Waals surface area contributed by atoms with Gasteiger partial charge in [-0.15, -0.1) is 0 Å². The number of carbonyl (C=O) groups is 2. The zero-order valence-electron chi connectivity index (χ0n) is 12.6. The van der Waals surface area contributed by atoms with E-state index in [1.165, 1.54) is 12.0 Å². The van der Waals surface area contributed by atoms with Gasteiger partial charge in [0, 0.05) is 19.0 Å². The summed E-state index contributed by atoms with van der Waals surface area (Å²) in [5.41, 5.74) is 0.707. The minimum absolute atomic E-state index is 0.228. The summed E-state index contributed by atoms with van der Waals surface area (Å²) < 4.78 is 10.6. The first kappa shape index (κ1) is 16.0. The Kier molecular flexibility index (Phi) is 5.16. The van der Waals surface area contributed by atoms with Crippen LogP contribution in [0.4, 0.5) is 0 Å². The van der Waals surface area contributed by atoms with Gasteiger partial charge in [-0.05, 0) is 19.1 Å². The molecule has 0 bridgehead atoms. The molecule has 1 unspecified atom stereocenters. The third-order valence-corrected chi connectivity index (χ3v) is 3.44. The van der Waals surface area contributed by atoms with E-state index in [0.29, 0.717) is 11.3 Å². The van der Waals surface area contributed by atoms with Crippen LogP contribution >= 0.6 is 0 Å². The van der Waals surface area contributed by atoms with Crippen LogP contribution < -0.4 is 0 Å². The molecular formula is C16H19NO5.